The van der Waals surface area contributed by atoms with Crippen LogP contribution in [0, 0.1) is 0 Å². The van der Waals surface area contributed by atoms with Gasteiger partial charge in [-0.15, -0.1) is 11.3 Å². The van der Waals surface area contributed by atoms with Crippen molar-refractivity contribution in [2.75, 3.05) is 17.2 Å². The highest BCUT2D eigenvalue weighted by Gasteiger charge is 2.33. The van der Waals surface area contributed by atoms with Gasteiger partial charge in [0.25, 0.3) is 5.91 Å². The number of rotatable bonds is 4. The molecule has 7 heteroatoms. The molecule has 0 aliphatic carbocycles. The summed E-state index contributed by atoms with van der Waals surface area (Å²) in [4.78, 5) is 33.4. The van der Waals surface area contributed by atoms with Crippen LogP contribution in [0.15, 0.2) is 65.7 Å². The Morgan fingerprint density at radius 2 is 1.83 bits per heavy atom. The number of carbonyl (C=O) groups excluding carboxylic acids is 2. The van der Waals surface area contributed by atoms with Crippen molar-refractivity contribution in [3.05, 3.63) is 76.0 Å². The number of aliphatic imine (C=N–C) groups is 1. The topological polar surface area (TPSA) is 85.0 Å². The standard InChI is InChI=1S/C23H21N3O3S/c1-3-29-23(28)20-13-12-19(30-20)21-14(2)26(18-7-5-4-6-17(18)25-21)22(27)15-8-10-16(24)11-9-15/h4-14H,3,24H2,1-2H3/t14-/m1/s1. The molecule has 0 spiro atoms. The molecule has 2 heterocycles. The number of benzene rings is 2. The van der Waals surface area contributed by atoms with Gasteiger partial charge in [0.15, 0.2) is 0 Å². The number of amides is 1. The van der Waals surface area contributed by atoms with E-state index in [2.05, 4.69) is 0 Å². The van der Waals surface area contributed by atoms with Gasteiger partial charge < -0.3 is 10.5 Å². The number of nitrogen functional groups attached to an aromatic ring is 1. The van der Waals surface area contributed by atoms with Crippen LogP contribution in [0.2, 0.25) is 0 Å². The fourth-order valence-electron chi connectivity index (χ4n) is 3.42. The van der Waals surface area contributed by atoms with Gasteiger partial charge in [0.1, 0.15) is 4.88 Å². The van der Waals surface area contributed by atoms with Gasteiger partial charge in [-0.3, -0.25) is 9.69 Å². The Labute approximate surface area is 178 Å². The number of para-hydroxylation sites is 2. The second-order valence-corrected chi connectivity index (χ2v) is 7.93. The summed E-state index contributed by atoms with van der Waals surface area (Å²) in [5.74, 6) is -0.488. The minimum Gasteiger partial charge on any atom is -0.462 e. The fraction of sp³-hybridized carbons (Fsp3) is 0.174. The second kappa shape index (κ2) is 8.12. The Hall–Kier alpha value is -3.45. The van der Waals surface area contributed by atoms with Crippen molar-refractivity contribution in [2.24, 2.45) is 4.99 Å². The molecule has 0 radical (unpaired) electrons. The molecule has 30 heavy (non-hydrogen) atoms. The minimum atomic E-state index is -0.354. The lowest BCUT2D eigenvalue weighted by Crippen LogP contribution is -2.45. The maximum atomic E-state index is 13.4. The molecule has 1 amide bonds. The highest BCUT2D eigenvalue weighted by Crippen LogP contribution is 2.38. The van der Waals surface area contributed by atoms with Crippen LogP contribution in [-0.2, 0) is 4.74 Å². The van der Waals surface area contributed by atoms with Gasteiger partial charge in [-0.2, -0.15) is 0 Å². The first kappa shape index (κ1) is 19.8. The first-order valence-electron chi connectivity index (χ1n) is 9.63. The summed E-state index contributed by atoms with van der Waals surface area (Å²) in [6, 6.07) is 17.7. The molecule has 1 aliphatic heterocycles. The smallest absolute Gasteiger partial charge is 0.348 e. The highest BCUT2D eigenvalue weighted by atomic mass is 32.1. The lowest BCUT2D eigenvalue weighted by Gasteiger charge is -2.34. The van der Waals surface area contributed by atoms with E-state index in [1.54, 1.807) is 42.2 Å². The van der Waals surface area contributed by atoms with Gasteiger partial charge in [-0.1, -0.05) is 12.1 Å². The Morgan fingerprint density at radius 3 is 2.57 bits per heavy atom. The molecular formula is C23H21N3O3S. The van der Waals surface area contributed by atoms with Crippen molar-refractivity contribution in [3.63, 3.8) is 0 Å². The molecule has 0 bridgehead atoms. The number of anilines is 2. The van der Waals surface area contributed by atoms with Crippen molar-refractivity contribution in [2.45, 2.75) is 19.9 Å². The van der Waals surface area contributed by atoms with Crippen LogP contribution in [0.3, 0.4) is 0 Å². The molecule has 0 fully saturated rings. The highest BCUT2D eigenvalue weighted by molar-refractivity contribution is 7.16. The van der Waals surface area contributed by atoms with E-state index in [9.17, 15) is 9.59 Å². The molecule has 4 rings (SSSR count). The number of ether oxygens (including phenoxy) is 1. The molecule has 3 aromatic rings. The third-order valence-electron chi connectivity index (χ3n) is 4.88. The summed E-state index contributed by atoms with van der Waals surface area (Å²) in [6.45, 7) is 4.03. The van der Waals surface area contributed by atoms with Crippen LogP contribution in [-0.4, -0.2) is 30.2 Å². The van der Waals surface area contributed by atoms with Crippen LogP contribution in [0.4, 0.5) is 17.1 Å². The number of nitrogens with two attached hydrogens (primary N) is 1. The third kappa shape index (κ3) is 3.59. The van der Waals surface area contributed by atoms with Crippen molar-refractivity contribution in [3.8, 4) is 0 Å². The third-order valence-corrected chi connectivity index (χ3v) is 5.96. The van der Waals surface area contributed by atoms with E-state index in [0.29, 0.717) is 28.4 Å². The molecule has 1 aromatic heterocycles. The van der Waals surface area contributed by atoms with Crippen LogP contribution < -0.4 is 10.6 Å². The predicted molar refractivity (Wildman–Crippen MR) is 120 cm³/mol. The number of hydrogen-bond donors (Lipinski definition) is 1. The first-order chi connectivity index (χ1) is 14.5. The quantitative estimate of drug-likeness (QED) is 0.492. The summed E-state index contributed by atoms with van der Waals surface area (Å²) in [5, 5.41) is 0. The van der Waals surface area contributed by atoms with Gasteiger partial charge in [0.2, 0.25) is 0 Å². The van der Waals surface area contributed by atoms with Crippen LogP contribution in [0.25, 0.3) is 0 Å². The lowest BCUT2D eigenvalue weighted by molar-refractivity contribution is 0.0532. The van der Waals surface area contributed by atoms with Gasteiger partial charge >= 0.3 is 5.97 Å². The van der Waals surface area contributed by atoms with Gasteiger partial charge in [-0.05, 0) is 62.4 Å². The van der Waals surface area contributed by atoms with E-state index in [-0.39, 0.29) is 17.9 Å². The Bertz CT molecular complexity index is 1130. The average molecular weight is 420 g/mol. The van der Waals surface area contributed by atoms with Crippen molar-refractivity contribution < 1.29 is 14.3 Å². The van der Waals surface area contributed by atoms with E-state index >= 15 is 0 Å². The fourth-order valence-corrected chi connectivity index (χ4v) is 4.39. The number of hydrogen-bond acceptors (Lipinski definition) is 6. The number of thiophene rings is 1. The van der Waals surface area contributed by atoms with Gasteiger partial charge in [0.05, 0.1) is 34.6 Å². The van der Waals surface area contributed by atoms with E-state index in [1.807, 2.05) is 37.3 Å². The molecule has 0 saturated carbocycles. The summed E-state index contributed by atoms with van der Waals surface area (Å²) >= 11 is 1.32. The van der Waals surface area contributed by atoms with E-state index in [4.69, 9.17) is 15.5 Å². The van der Waals surface area contributed by atoms with Gasteiger partial charge in [-0.25, -0.2) is 9.79 Å². The number of esters is 1. The van der Waals surface area contributed by atoms with Crippen LogP contribution in [0.5, 0.6) is 0 Å². The molecule has 0 saturated heterocycles. The van der Waals surface area contributed by atoms with Gasteiger partial charge in [0, 0.05) is 11.3 Å². The van der Waals surface area contributed by atoms with E-state index < -0.39 is 0 Å². The van der Waals surface area contributed by atoms with Crippen LogP contribution >= 0.6 is 11.3 Å². The number of carbonyl (C=O) groups is 2. The summed E-state index contributed by atoms with van der Waals surface area (Å²) in [6.07, 6.45) is 0. The zero-order chi connectivity index (χ0) is 21.3. The second-order valence-electron chi connectivity index (χ2n) is 6.84. The Balaban J connectivity index is 1.75. The zero-order valence-electron chi connectivity index (χ0n) is 16.7. The number of nitrogens with zero attached hydrogens (tertiary/aromatic N) is 2. The summed E-state index contributed by atoms with van der Waals surface area (Å²) < 4.78 is 5.10. The number of fused-ring (bicyclic) bond motifs is 1. The minimum absolute atomic E-state index is 0.135. The summed E-state index contributed by atoms with van der Waals surface area (Å²) in [5.41, 5.74) is 9.12. The predicted octanol–water partition coefficient (Wildman–Crippen LogP) is 4.68. The normalized spacial score (nSPS) is 15.3. The van der Waals surface area contributed by atoms with E-state index in [0.717, 1.165) is 16.3 Å². The molecule has 2 aromatic carbocycles. The van der Waals surface area contributed by atoms with Crippen molar-refractivity contribution in [1.82, 2.24) is 0 Å². The molecule has 2 N–H and O–H groups in total. The van der Waals surface area contributed by atoms with Crippen molar-refractivity contribution in [1.29, 1.82) is 0 Å². The monoisotopic (exact) mass is 419 g/mol. The molecule has 152 valence electrons. The lowest BCUT2D eigenvalue weighted by atomic mass is 10.0. The van der Waals surface area contributed by atoms with Crippen molar-refractivity contribution >= 4 is 46.0 Å². The maximum absolute atomic E-state index is 13.4. The average Bonchev–Trinajstić information content (AvgIpc) is 3.24. The Kier molecular flexibility index (Phi) is 5.37. The zero-order valence-corrected chi connectivity index (χ0v) is 17.5. The van der Waals surface area contributed by atoms with Crippen LogP contribution in [0.1, 0.15) is 38.8 Å². The molecule has 6 nitrogen and oxygen atoms in total. The molecule has 1 atom stereocenters. The SMILES string of the molecule is CCOC(=O)c1ccc(C2=Nc3ccccc3N(C(=O)c3ccc(N)cc3)[C@@H]2C)s1. The summed E-state index contributed by atoms with van der Waals surface area (Å²) in [7, 11) is 0. The molecule has 0 unspecified atom stereocenters. The first-order valence-corrected chi connectivity index (χ1v) is 10.4. The largest absolute Gasteiger partial charge is 0.462 e. The van der Waals surface area contributed by atoms with E-state index in [1.165, 1.54) is 11.3 Å². The maximum Gasteiger partial charge on any atom is 0.348 e. The Morgan fingerprint density at radius 1 is 1.10 bits per heavy atom. The molecular weight excluding hydrogens is 398 g/mol. The molecule has 1 aliphatic rings.